The Morgan fingerprint density at radius 1 is 1.32 bits per heavy atom. The fourth-order valence-corrected chi connectivity index (χ4v) is 3.14. The van der Waals surface area contributed by atoms with E-state index in [4.69, 9.17) is 0 Å². The number of hydrogen-bond donors (Lipinski definition) is 2. The van der Waals surface area contributed by atoms with Gasteiger partial charge in [0.2, 0.25) is 0 Å². The Morgan fingerprint density at radius 3 is 2.32 bits per heavy atom. The summed E-state index contributed by atoms with van der Waals surface area (Å²) in [6.45, 7) is 10.9. The van der Waals surface area contributed by atoms with Gasteiger partial charge in [-0.05, 0) is 52.9 Å². The van der Waals surface area contributed by atoms with Crippen molar-refractivity contribution in [3.63, 3.8) is 0 Å². The van der Waals surface area contributed by atoms with E-state index >= 15 is 0 Å². The fourth-order valence-electron chi connectivity index (χ4n) is 3.14. The Bertz CT molecular complexity index is 256. The summed E-state index contributed by atoms with van der Waals surface area (Å²) >= 11 is 0. The molecule has 19 heavy (non-hydrogen) atoms. The quantitative estimate of drug-likeness (QED) is 0.622. The van der Waals surface area contributed by atoms with Crippen LogP contribution in [0, 0.1) is 5.92 Å². The van der Waals surface area contributed by atoms with Gasteiger partial charge in [0.05, 0.1) is 12.1 Å². The highest BCUT2D eigenvalue weighted by molar-refractivity contribution is 5.03. The third-order valence-corrected chi connectivity index (χ3v) is 4.31. The molecule has 0 saturated heterocycles. The average Bonchev–Trinajstić information content (AvgIpc) is 3.18. The smallest absolute Gasteiger partial charge is 0.0628 e. The summed E-state index contributed by atoms with van der Waals surface area (Å²) in [7, 11) is 4.24. The van der Waals surface area contributed by atoms with E-state index in [1.807, 2.05) is 0 Å². The molecule has 0 bridgehead atoms. The van der Waals surface area contributed by atoms with Crippen LogP contribution in [0.3, 0.4) is 0 Å². The van der Waals surface area contributed by atoms with E-state index in [1.54, 1.807) is 0 Å². The van der Waals surface area contributed by atoms with Crippen LogP contribution in [0.5, 0.6) is 0 Å². The SMILES string of the molecule is CCNC(CO)(CN(CC)C(C)CN(C)C)C1CC1. The minimum absolute atomic E-state index is 0.0919. The van der Waals surface area contributed by atoms with E-state index in [0.29, 0.717) is 12.0 Å². The molecule has 1 saturated carbocycles. The third kappa shape index (κ3) is 4.71. The second kappa shape index (κ2) is 7.58. The largest absolute Gasteiger partial charge is 0.394 e. The lowest BCUT2D eigenvalue weighted by Crippen LogP contribution is -2.59. The molecule has 0 amide bonds. The highest BCUT2D eigenvalue weighted by atomic mass is 16.3. The van der Waals surface area contributed by atoms with Crippen LogP contribution in [-0.2, 0) is 0 Å². The summed E-state index contributed by atoms with van der Waals surface area (Å²) in [4.78, 5) is 4.73. The van der Waals surface area contributed by atoms with Gasteiger partial charge in [-0.1, -0.05) is 13.8 Å². The lowest BCUT2D eigenvalue weighted by atomic mass is 9.92. The van der Waals surface area contributed by atoms with E-state index in [9.17, 15) is 5.11 Å². The molecular weight excluding hydrogens is 238 g/mol. The molecular formula is C15H33N3O. The topological polar surface area (TPSA) is 38.7 Å². The molecule has 0 aromatic rings. The van der Waals surface area contributed by atoms with Crippen LogP contribution in [0.4, 0.5) is 0 Å². The van der Waals surface area contributed by atoms with Gasteiger partial charge in [0.15, 0.2) is 0 Å². The van der Waals surface area contributed by atoms with Gasteiger partial charge in [-0.25, -0.2) is 0 Å². The number of nitrogens with one attached hydrogen (secondary N) is 1. The molecule has 0 radical (unpaired) electrons. The van der Waals surface area contributed by atoms with Gasteiger partial charge in [-0.15, -0.1) is 0 Å². The number of aliphatic hydroxyl groups excluding tert-OH is 1. The van der Waals surface area contributed by atoms with Crippen LogP contribution in [0.2, 0.25) is 0 Å². The maximum Gasteiger partial charge on any atom is 0.0628 e. The number of hydrogen-bond acceptors (Lipinski definition) is 4. The summed E-state index contributed by atoms with van der Waals surface area (Å²) in [6.07, 6.45) is 2.51. The van der Waals surface area contributed by atoms with Crippen molar-refractivity contribution in [1.29, 1.82) is 0 Å². The molecule has 1 fully saturated rings. The molecule has 1 aliphatic carbocycles. The van der Waals surface area contributed by atoms with Crippen molar-refractivity contribution < 1.29 is 5.11 Å². The zero-order valence-corrected chi connectivity index (χ0v) is 13.4. The van der Waals surface area contributed by atoms with E-state index in [1.165, 1.54) is 12.8 Å². The normalized spacial score (nSPS) is 20.8. The highest BCUT2D eigenvalue weighted by Crippen LogP contribution is 2.40. The Hall–Kier alpha value is -0.160. The first-order valence-electron chi connectivity index (χ1n) is 7.73. The Kier molecular flexibility index (Phi) is 6.74. The molecule has 0 heterocycles. The second-order valence-corrected chi connectivity index (χ2v) is 6.29. The first-order valence-corrected chi connectivity index (χ1v) is 7.73. The lowest BCUT2D eigenvalue weighted by molar-refractivity contribution is 0.0706. The lowest BCUT2D eigenvalue weighted by Gasteiger charge is -2.41. The zero-order valence-electron chi connectivity index (χ0n) is 13.4. The Labute approximate surface area is 119 Å². The van der Waals surface area contributed by atoms with Gasteiger partial charge >= 0.3 is 0 Å². The molecule has 0 aliphatic heterocycles. The maximum absolute atomic E-state index is 9.93. The summed E-state index contributed by atoms with van der Waals surface area (Å²) < 4.78 is 0. The van der Waals surface area contributed by atoms with E-state index in [2.05, 4.69) is 50.0 Å². The summed E-state index contributed by atoms with van der Waals surface area (Å²) in [5.74, 6) is 0.651. The first-order chi connectivity index (χ1) is 8.99. The van der Waals surface area contributed by atoms with Crippen LogP contribution in [0.1, 0.15) is 33.6 Å². The van der Waals surface area contributed by atoms with Crippen LogP contribution in [0.25, 0.3) is 0 Å². The molecule has 4 nitrogen and oxygen atoms in total. The van der Waals surface area contributed by atoms with Crippen LogP contribution >= 0.6 is 0 Å². The van der Waals surface area contributed by atoms with Crippen molar-refractivity contribution >= 4 is 0 Å². The van der Waals surface area contributed by atoms with Crippen molar-refractivity contribution in [2.45, 2.75) is 45.2 Å². The van der Waals surface area contributed by atoms with E-state index in [0.717, 1.165) is 26.2 Å². The summed E-state index contributed by atoms with van der Waals surface area (Å²) in [6, 6.07) is 0.517. The van der Waals surface area contributed by atoms with Gasteiger partial charge in [0.25, 0.3) is 0 Å². The van der Waals surface area contributed by atoms with Crippen molar-refractivity contribution in [3.05, 3.63) is 0 Å². The van der Waals surface area contributed by atoms with Crippen LogP contribution in [0.15, 0.2) is 0 Å². The van der Waals surface area contributed by atoms with Gasteiger partial charge in [0.1, 0.15) is 0 Å². The average molecular weight is 271 g/mol. The predicted molar refractivity (Wildman–Crippen MR) is 81.5 cm³/mol. The molecule has 1 aliphatic rings. The first kappa shape index (κ1) is 16.9. The van der Waals surface area contributed by atoms with Crippen molar-refractivity contribution in [2.24, 2.45) is 5.92 Å². The number of likely N-dealkylation sites (N-methyl/N-ethyl adjacent to an activating group) is 3. The molecule has 0 aromatic carbocycles. The Morgan fingerprint density at radius 2 is 1.95 bits per heavy atom. The maximum atomic E-state index is 9.93. The Balaban J connectivity index is 2.68. The molecule has 114 valence electrons. The standard InChI is InChI=1S/C15H33N3O/c1-6-16-15(12-19,14-8-9-14)11-18(7-2)13(3)10-17(4)5/h13-14,16,19H,6-12H2,1-5H3. The second-order valence-electron chi connectivity index (χ2n) is 6.29. The molecule has 0 aromatic heterocycles. The molecule has 0 spiro atoms. The molecule has 2 unspecified atom stereocenters. The third-order valence-electron chi connectivity index (χ3n) is 4.31. The van der Waals surface area contributed by atoms with E-state index in [-0.39, 0.29) is 12.1 Å². The summed E-state index contributed by atoms with van der Waals surface area (Å²) in [5, 5.41) is 13.5. The predicted octanol–water partition coefficient (Wildman–Crippen LogP) is 1.01. The monoisotopic (exact) mass is 271 g/mol. The van der Waals surface area contributed by atoms with Crippen molar-refractivity contribution in [3.8, 4) is 0 Å². The van der Waals surface area contributed by atoms with Crippen molar-refractivity contribution in [2.75, 3.05) is 46.9 Å². The molecule has 1 rings (SSSR count). The number of rotatable bonds is 10. The number of nitrogens with zero attached hydrogens (tertiary/aromatic N) is 2. The fraction of sp³-hybridized carbons (Fsp3) is 1.00. The van der Waals surface area contributed by atoms with E-state index < -0.39 is 0 Å². The van der Waals surface area contributed by atoms with Gasteiger partial charge in [-0.3, -0.25) is 4.90 Å². The van der Waals surface area contributed by atoms with Crippen LogP contribution in [-0.4, -0.2) is 73.4 Å². The molecule has 2 N–H and O–H groups in total. The minimum Gasteiger partial charge on any atom is -0.394 e. The van der Waals surface area contributed by atoms with Crippen molar-refractivity contribution in [1.82, 2.24) is 15.1 Å². The molecule has 4 heteroatoms. The van der Waals surface area contributed by atoms with Gasteiger partial charge in [-0.2, -0.15) is 0 Å². The number of aliphatic hydroxyl groups is 1. The van der Waals surface area contributed by atoms with Crippen LogP contribution < -0.4 is 5.32 Å². The van der Waals surface area contributed by atoms with Gasteiger partial charge < -0.3 is 15.3 Å². The molecule has 2 atom stereocenters. The highest BCUT2D eigenvalue weighted by Gasteiger charge is 2.45. The summed E-state index contributed by atoms with van der Waals surface area (Å²) in [5.41, 5.74) is -0.0919. The minimum atomic E-state index is -0.0919. The zero-order chi connectivity index (χ0) is 14.5. The van der Waals surface area contributed by atoms with Gasteiger partial charge in [0, 0.05) is 19.1 Å².